The van der Waals surface area contributed by atoms with Crippen LogP contribution in [-0.4, -0.2) is 21.9 Å². The first-order chi connectivity index (χ1) is 17.6. The third-order valence-electron chi connectivity index (χ3n) is 6.30. The van der Waals surface area contributed by atoms with Crippen LogP contribution in [0.2, 0.25) is 0 Å². The minimum absolute atomic E-state index is 0.260. The Hall–Kier alpha value is -3.97. The first kappa shape index (κ1) is 23.8. The van der Waals surface area contributed by atoms with Crippen molar-refractivity contribution in [1.82, 2.24) is 15.5 Å². The van der Waals surface area contributed by atoms with Crippen LogP contribution in [0.4, 0.5) is 5.69 Å². The average molecular weight is 497 g/mol. The molecule has 1 N–H and O–H groups in total. The molecule has 0 aliphatic carbocycles. The molecule has 36 heavy (non-hydrogen) atoms. The number of aromatic nitrogens is 2. The van der Waals surface area contributed by atoms with E-state index in [1.807, 2.05) is 85.5 Å². The summed E-state index contributed by atoms with van der Waals surface area (Å²) in [6.45, 7) is 6.76. The van der Waals surface area contributed by atoms with Gasteiger partial charge in [-0.2, -0.15) is 4.98 Å². The Kier molecular flexibility index (Phi) is 6.82. The number of nitrogens with zero attached hydrogens (tertiary/aromatic N) is 3. The van der Waals surface area contributed by atoms with Crippen molar-refractivity contribution in [3.8, 4) is 17.1 Å². The van der Waals surface area contributed by atoms with Crippen molar-refractivity contribution >= 4 is 28.6 Å². The molecule has 7 heteroatoms. The number of nitrogens with one attached hydrogen (secondary N) is 1. The summed E-state index contributed by atoms with van der Waals surface area (Å²) in [6, 6.07) is 26.0. The van der Waals surface area contributed by atoms with E-state index in [1.54, 1.807) is 0 Å². The maximum atomic E-state index is 5.87. The molecule has 0 radical (unpaired) electrons. The van der Waals surface area contributed by atoms with Gasteiger partial charge in [0.2, 0.25) is 5.82 Å². The van der Waals surface area contributed by atoms with E-state index in [4.69, 9.17) is 26.5 Å². The highest BCUT2D eigenvalue weighted by Crippen LogP contribution is 2.39. The second kappa shape index (κ2) is 10.3. The Morgan fingerprint density at radius 3 is 2.36 bits per heavy atom. The molecule has 0 saturated carbocycles. The molecule has 0 bridgehead atoms. The van der Waals surface area contributed by atoms with Crippen molar-refractivity contribution < 1.29 is 9.26 Å². The zero-order valence-electron chi connectivity index (χ0n) is 20.6. The Morgan fingerprint density at radius 2 is 1.69 bits per heavy atom. The Bertz CT molecular complexity index is 1380. The lowest BCUT2D eigenvalue weighted by atomic mass is 9.94. The van der Waals surface area contributed by atoms with Gasteiger partial charge in [0.25, 0.3) is 5.89 Å². The largest absolute Gasteiger partial charge is 0.494 e. The molecule has 6 nitrogen and oxygen atoms in total. The minimum Gasteiger partial charge on any atom is -0.494 e. The second-order valence-electron chi connectivity index (χ2n) is 8.53. The van der Waals surface area contributed by atoms with E-state index in [9.17, 15) is 0 Å². The van der Waals surface area contributed by atoms with E-state index in [0.717, 1.165) is 40.3 Å². The SMILES string of the molecule is CCOc1ccc(C2NC(=S)N(c3ccccc3)C(C)=C2c2nc(-c3ccc(CC)cc3)no2)cc1. The Morgan fingerprint density at radius 1 is 0.972 bits per heavy atom. The minimum atomic E-state index is -0.260. The van der Waals surface area contributed by atoms with Gasteiger partial charge in [-0.1, -0.05) is 66.7 Å². The molecule has 0 amide bonds. The number of thiocarbonyl (C=S) groups is 1. The fourth-order valence-corrected chi connectivity index (χ4v) is 4.78. The van der Waals surface area contributed by atoms with Gasteiger partial charge in [0.1, 0.15) is 5.75 Å². The van der Waals surface area contributed by atoms with E-state index >= 15 is 0 Å². The molecule has 0 saturated heterocycles. The van der Waals surface area contributed by atoms with E-state index in [-0.39, 0.29) is 6.04 Å². The van der Waals surface area contributed by atoms with E-state index in [1.165, 1.54) is 5.56 Å². The molecule has 0 fully saturated rings. The summed E-state index contributed by atoms with van der Waals surface area (Å²) in [5.41, 5.74) is 5.97. The molecule has 1 aliphatic heterocycles. The van der Waals surface area contributed by atoms with Gasteiger partial charge in [-0.25, -0.2) is 0 Å². The van der Waals surface area contributed by atoms with Crippen LogP contribution in [0, 0.1) is 0 Å². The van der Waals surface area contributed by atoms with Crippen LogP contribution in [0.1, 0.15) is 43.8 Å². The van der Waals surface area contributed by atoms with Crippen LogP contribution in [0.5, 0.6) is 5.75 Å². The lowest BCUT2D eigenvalue weighted by Gasteiger charge is -2.37. The Balaban J connectivity index is 1.60. The van der Waals surface area contributed by atoms with Crippen LogP contribution >= 0.6 is 12.2 Å². The highest BCUT2D eigenvalue weighted by Gasteiger charge is 2.34. The number of allylic oxidation sites excluding steroid dienone is 1. The molecule has 1 aliphatic rings. The summed E-state index contributed by atoms with van der Waals surface area (Å²) in [5.74, 6) is 1.83. The molecule has 5 rings (SSSR count). The molecule has 3 aromatic carbocycles. The van der Waals surface area contributed by atoms with E-state index in [0.29, 0.717) is 23.4 Å². The molecule has 182 valence electrons. The number of rotatable bonds is 7. The van der Waals surface area contributed by atoms with Crippen molar-refractivity contribution in [2.24, 2.45) is 0 Å². The normalized spacial score (nSPS) is 15.7. The quantitative estimate of drug-likeness (QED) is 0.291. The summed E-state index contributed by atoms with van der Waals surface area (Å²) in [4.78, 5) is 6.83. The summed E-state index contributed by atoms with van der Waals surface area (Å²) in [7, 11) is 0. The van der Waals surface area contributed by atoms with Crippen molar-refractivity contribution in [2.75, 3.05) is 11.5 Å². The summed E-state index contributed by atoms with van der Waals surface area (Å²) in [5, 5.41) is 8.43. The highest BCUT2D eigenvalue weighted by molar-refractivity contribution is 7.80. The number of hydrogen-bond acceptors (Lipinski definition) is 5. The van der Waals surface area contributed by atoms with Crippen molar-refractivity contribution in [1.29, 1.82) is 0 Å². The zero-order valence-corrected chi connectivity index (χ0v) is 21.4. The number of benzene rings is 3. The van der Waals surface area contributed by atoms with Gasteiger partial charge in [-0.05, 0) is 67.9 Å². The van der Waals surface area contributed by atoms with Gasteiger partial charge < -0.3 is 14.6 Å². The number of para-hydroxylation sites is 1. The van der Waals surface area contributed by atoms with Gasteiger partial charge in [-0.3, -0.25) is 4.90 Å². The van der Waals surface area contributed by atoms with E-state index in [2.05, 4.69) is 29.5 Å². The summed E-state index contributed by atoms with van der Waals surface area (Å²) >= 11 is 5.83. The molecule has 1 atom stereocenters. The van der Waals surface area contributed by atoms with Gasteiger partial charge in [0, 0.05) is 16.9 Å². The number of hydrogen-bond donors (Lipinski definition) is 1. The molecule has 1 unspecified atom stereocenters. The standard InChI is InChI=1S/C29H28N4O2S/c1-4-20-11-13-22(14-12-20)27-31-28(35-32-27)25-19(3)33(23-9-7-6-8-10-23)29(36)30-26(25)21-15-17-24(18-16-21)34-5-2/h6-18,26H,4-5H2,1-3H3,(H,30,36). The predicted molar refractivity (Wildman–Crippen MR) is 147 cm³/mol. The number of ether oxygens (including phenoxy) is 1. The fraction of sp³-hybridized carbons (Fsp3) is 0.207. The maximum absolute atomic E-state index is 5.87. The van der Waals surface area contributed by atoms with Gasteiger partial charge in [0.15, 0.2) is 5.11 Å². The molecular formula is C29H28N4O2S. The zero-order chi connectivity index (χ0) is 25.1. The van der Waals surface area contributed by atoms with Crippen molar-refractivity contribution in [2.45, 2.75) is 33.2 Å². The third-order valence-corrected chi connectivity index (χ3v) is 6.60. The first-order valence-corrected chi connectivity index (χ1v) is 12.5. The van der Waals surface area contributed by atoms with Crippen LogP contribution in [0.3, 0.4) is 0 Å². The fourth-order valence-electron chi connectivity index (χ4n) is 4.42. The van der Waals surface area contributed by atoms with Gasteiger partial charge in [0.05, 0.1) is 18.2 Å². The molecule has 0 spiro atoms. The van der Waals surface area contributed by atoms with Crippen LogP contribution in [-0.2, 0) is 6.42 Å². The summed E-state index contributed by atoms with van der Waals surface area (Å²) in [6.07, 6.45) is 0.981. The van der Waals surface area contributed by atoms with Crippen LogP contribution in [0.25, 0.3) is 17.0 Å². The third kappa shape index (κ3) is 4.62. The lowest BCUT2D eigenvalue weighted by molar-refractivity contribution is 0.340. The Labute approximate surface area is 216 Å². The van der Waals surface area contributed by atoms with Crippen LogP contribution in [0.15, 0.2) is 89.1 Å². The van der Waals surface area contributed by atoms with Gasteiger partial charge >= 0.3 is 0 Å². The highest BCUT2D eigenvalue weighted by atomic mass is 32.1. The van der Waals surface area contributed by atoms with Crippen LogP contribution < -0.4 is 15.0 Å². The van der Waals surface area contributed by atoms with Crippen molar-refractivity contribution in [3.05, 3.63) is 102 Å². The molecule has 4 aromatic rings. The smallest absolute Gasteiger partial charge is 0.258 e. The average Bonchev–Trinajstić information content (AvgIpc) is 3.39. The molecule has 1 aromatic heterocycles. The topological polar surface area (TPSA) is 63.4 Å². The van der Waals surface area contributed by atoms with Gasteiger partial charge in [-0.15, -0.1) is 0 Å². The maximum Gasteiger partial charge on any atom is 0.258 e. The molecular weight excluding hydrogens is 468 g/mol. The predicted octanol–water partition coefficient (Wildman–Crippen LogP) is 6.56. The summed E-state index contributed by atoms with van der Waals surface area (Å²) < 4.78 is 11.5. The first-order valence-electron chi connectivity index (χ1n) is 12.1. The molecule has 2 heterocycles. The monoisotopic (exact) mass is 496 g/mol. The van der Waals surface area contributed by atoms with Crippen molar-refractivity contribution in [3.63, 3.8) is 0 Å². The van der Waals surface area contributed by atoms with E-state index < -0.39 is 0 Å². The number of aryl methyl sites for hydroxylation is 1. The number of anilines is 1. The second-order valence-corrected chi connectivity index (χ2v) is 8.91. The lowest BCUT2D eigenvalue weighted by Crippen LogP contribution is -2.46.